The molecule has 7 nitrogen and oxygen atoms in total. The SMILES string of the molecule is C=CC(=O)NCC=O.COc1cccc2c1ccn2SN1CCN(C)CC1. The second kappa shape index (κ2) is 10.8. The number of fused-ring (bicyclic) bond motifs is 1. The quantitative estimate of drug-likeness (QED) is 0.461. The zero-order chi connectivity index (χ0) is 19.6. The molecule has 0 aliphatic carbocycles. The maximum atomic E-state index is 10.2. The van der Waals surface area contributed by atoms with E-state index < -0.39 is 0 Å². The van der Waals surface area contributed by atoms with Crippen LogP contribution in [0.15, 0.2) is 43.1 Å². The highest BCUT2D eigenvalue weighted by molar-refractivity contribution is 7.95. The lowest BCUT2D eigenvalue weighted by Crippen LogP contribution is -2.41. The Morgan fingerprint density at radius 2 is 2.04 bits per heavy atom. The first kappa shape index (κ1) is 21.0. The molecule has 1 saturated heterocycles. The number of piperazine rings is 1. The number of aldehydes is 1. The van der Waals surface area contributed by atoms with Crippen LogP contribution in [0.4, 0.5) is 0 Å². The van der Waals surface area contributed by atoms with Gasteiger partial charge in [0.1, 0.15) is 12.0 Å². The Balaban J connectivity index is 0.000000279. The third-order valence-electron chi connectivity index (χ3n) is 4.09. The molecule has 0 saturated carbocycles. The topological polar surface area (TPSA) is 66.8 Å². The van der Waals surface area contributed by atoms with Gasteiger partial charge >= 0.3 is 0 Å². The van der Waals surface area contributed by atoms with Crippen LogP contribution in [-0.2, 0) is 9.59 Å². The molecule has 0 unspecified atom stereocenters. The number of methoxy groups -OCH3 is 1. The Bertz CT molecular complexity index is 769. The predicted molar refractivity (Wildman–Crippen MR) is 110 cm³/mol. The van der Waals surface area contributed by atoms with Gasteiger partial charge in [0.2, 0.25) is 5.91 Å². The van der Waals surface area contributed by atoms with E-state index >= 15 is 0 Å². The molecule has 1 N–H and O–H groups in total. The van der Waals surface area contributed by atoms with Gasteiger partial charge in [-0.3, -0.25) is 8.77 Å². The van der Waals surface area contributed by atoms with Crippen LogP contribution in [0.25, 0.3) is 10.9 Å². The van der Waals surface area contributed by atoms with Crippen molar-refractivity contribution in [3.05, 3.63) is 43.1 Å². The van der Waals surface area contributed by atoms with Gasteiger partial charge in [0.25, 0.3) is 0 Å². The van der Waals surface area contributed by atoms with E-state index in [2.05, 4.69) is 50.5 Å². The molecule has 1 amide bonds. The Hall–Kier alpha value is -2.29. The van der Waals surface area contributed by atoms with E-state index in [0.717, 1.165) is 38.0 Å². The lowest BCUT2D eigenvalue weighted by molar-refractivity contribution is -0.118. The average Bonchev–Trinajstić information content (AvgIpc) is 3.11. The minimum atomic E-state index is -0.322. The third kappa shape index (κ3) is 6.13. The summed E-state index contributed by atoms with van der Waals surface area (Å²) in [7, 11) is 3.90. The highest BCUT2D eigenvalue weighted by Gasteiger charge is 2.16. The molecule has 8 heteroatoms. The van der Waals surface area contributed by atoms with E-state index in [1.165, 1.54) is 10.9 Å². The summed E-state index contributed by atoms with van der Waals surface area (Å²) in [5.41, 5.74) is 1.21. The van der Waals surface area contributed by atoms with Gasteiger partial charge in [-0.2, -0.15) is 0 Å². The molecule has 146 valence electrons. The van der Waals surface area contributed by atoms with E-state index in [1.807, 2.05) is 12.1 Å². The normalized spacial score (nSPS) is 14.9. The molecule has 0 bridgehead atoms. The van der Waals surface area contributed by atoms with Gasteiger partial charge < -0.3 is 19.7 Å². The molecular formula is C19H26N4O3S. The number of hydrogen-bond donors (Lipinski definition) is 1. The number of carbonyl (C=O) groups excluding carboxylic acids is 2. The number of amides is 1. The van der Waals surface area contributed by atoms with E-state index in [-0.39, 0.29) is 12.5 Å². The standard InChI is InChI=1S/C14H19N3OS.C5H7NO2/c1-15-8-10-16(11-9-15)19-17-7-6-12-13(17)4-3-5-14(12)18-2;1-2-5(8)6-3-4-7/h3-7H,8-11H2,1-2H3;2,4H,1,3H2,(H,6,8). The second-order valence-electron chi connectivity index (χ2n) is 5.96. The van der Waals surface area contributed by atoms with Gasteiger partial charge in [-0.1, -0.05) is 12.6 Å². The fourth-order valence-electron chi connectivity index (χ4n) is 2.57. The highest BCUT2D eigenvalue weighted by Crippen LogP contribution is 2.30. The van der Waals surface area contributed by atoms with Crippen LogP contribution in [0, 0.1) is 0 Å². The van der Waals surface area contributed by atoms with Crippen molar-refractivity contribution in [1.29, 1.82) is 0 Å². The molecule has 1 aliphatic heterocycles. The molecule has 0 atom stereocenters. The van der Waals surface area contributed by atoms with Crippen molar-refractivity contribution in [3.8, 4) is 5.75 Å². The molecule has 2 aromatic rings. The Morgan fingerprint density at radius 3 is 2.67 bits per heavy atom. The van der Waals surface area contributed by atoms with Crippen molar-refractivity contribution < 1.29 is 14.3 Å². The van der Waals surface area contributed by atoms with Gasteiger partial charge in [0.15, 0.2) is 0 Å². The van der Waals surface area contributed by atoms with Crippen LogP contribution in [0.1, 0.15) is 0 Å². The summed E-state index contributed by atoms with van der Waals surface area (Å²) in [6, 6.07) is 8.31. The first-order valence-corrected chi connectivity index (χ1v) is 9.42. The predicted octanol–water partition coefficient (Wildman–Crippen LogP) is 1.80. The van der Waals surface area contributed by atoms with Gasteiger partial charge in [0, 0.05) is 49.9 Å². The zero-order valence-corrected chi connectivity index (χ0v) is 16.6. The number of nitrogens with zero attached hydrogens (tertiary/aromatic N) is 3. The molecule has 0 radical (unpaired) electrons. The highest BCUT2D eigenvalue weighted by atomic mass is 32.2. The molecule has 1 fully saturated rings. The van der Waals surface area contributed by atoms with Crippen molar-refractivity contribution >= 4 is 35.2 Å². The monoisotopic (exact) mass is 390 g/mol. The van der Waals surface area contributed by atoms with E-state index in [0.29, 0.717) is 6.29 Å². The van der Waals surface area contributed by atoms with Crippen LogP contribution in [0.3, 0.4) is 0 Å². The Kier molecular flexibility index (Phi) is 8.38. The molecular weight excluding hydrogens is 364 g/mol. The van der Waals surface area contributed by atoms with Crippen LogP contribution in [0.5, 0.6) is 5.75 Å². The number of benzene rings is 1. The first-order chi connectivity index (χ1) is 13.1. The third-order valence-corrected chi connectivity index (χ3v) is 5.18. The largest absolute Gasteiger partial charge is 0.496 e. The van der Waals surface area contributed by atoms with Crippen molar-refractivity contribution in [2.45, 2.75) is 0 Å². The smallest absolute Gasteiger partial charge is 0.243 e. The molecule has 2 heterocycles. The lowest BCUT2D eigenvalue weighted by Gasteiger charge is -2.31. The van der Waals surface area contributed by atoms with Crippen molar-refractivity contribution in [3.63, 3.8) is 0 Å². The van der Waals surface area contributed by atoms with Crippen LogP contribution >= 0.6 is 12.1 Å². The number of nitrogens with one attached hydrogen (secondary N) is 1. The Morgan fingerprint density at radius 1 is 1.30 bits per heavy atom. The molecule has 1 aromatic heterocycles. The number of aromatic nitrogens is 1. The van der Waals surface area contributed by atoms with Crippen molar-refractivity contribution in [1.82, 2.24) is 18.5 Å². The van der Waals surface area contributed by atoms with E-state index in [1.54, 1.807) is 19.2 Å². The van der Waals surface area contributed by atoms with Gasteiger partial charge in [0.05, 0.1) is 19.2 Å². The summed E-state index contributed by atoms with van der Waals surface area (Å²) in [6.07, 6.45) is 3.85. The molecule has 0 spiro atoms. The summed E-state index contributed by atoms with van der Waals surface area (Å²) in [5.74, 6) is 0.618. The average molecular weight is 391 g/mol. The maximum absolute atomic E-state index is 10.2. The Labute approximate surface area is 164 Å². The first-order valence-electron chi connectivity index (χ1n) is 8.69. The summed E-state index contributed by atoms with van der Waals surface area (Å²) in [5, 5.41) is 3.43. The molecule has 1 aliphatic rings. The number of likely N-dealkylation sites (N-methyl/N-ethyl adjacent to an activating group) is 1. The maximum Gasteiger partial charge on any atom is 0.243 e. The molecule has 1 aromatic carbocycles. The fourth-order valence-corrected chi connectivity index (χ4v) is 3.51. The van der Waals surface area contributed by atoms with E-state index in [4.69, 9.17) is 4.74 Å². The van der Waals surface area contributed by atoms with Gasteiger partial charge in [-0.25, -0.2) is 4.31 Å². The minimum absolute atomic E-state index is 0.0604. The number of ether oxygens (including phenoxy) is 1. The van der Waals surface area contributed by atoms with E-state index in [9.17, 15) is 9.59 Å². The minimum Gasteiger partial charge on any atom is -0.496 e. The van der Waals surface area contributed by atoms with Crippen molar-refractivity contribution in [2.75, 3.05) is 46.9 Å². The van der Waals surface area contributed by atoms with Gasteiger partial charge in [-0.15, -0.1) is 0 Å². The summed E-state index contributed by atoms with van der Waals surface area (Å²) < 4.78 is 10.0. The summed E-state index contributed by atoms with van der Waals surface area (Å²) in [4.78, 5) is 22.1. The number of rotatable bonds is 6. The fraction of sp³-hybridized carbons (Fsp3) is 0.368. The summed E-state index contributed by atoms with van der Waals surface area (Å²) >= 11 is 1.79. The zero-order valence-electron chi connectivity index (χ0n) is 15.8. The van der Waals surface area contributed by atoms with Crippen LogP contribution < -0.4 is 10.1 Å². The number of hydrogen-bond acceptors (Lipinski definition) is 6. The van der Waals surface area contributed by atoms with Gasteiger partial charge in [-0.05, 0) is 31.3 Å². The molecule has 3 rings (SSSR count). The lowest BCUT2D eigenvalue weighted by atomic mass is 10.2. The van der Waals surface area contributed by atoms with Crippen LogP contribution in [-0.4, -0.2) is 72.3 Å². The second-order valence-corrected chi connectivity index (χ2v) is 7.04. The summed E-state index contributed by atoms with van der Waals surface area (Å²) in [6.45, 7) is 7.72. The number of carbonyl (C=O) groups is 2. The van der Waals surface area contributed by atoms with Crippen LogP contribution in [0.2, 0.25) is 0 Å². The molecule has 27 heavy (non-hydrogen) atoms. The van der Waals surface area contributed by atoms with Crippen molar-refractivity contribution in [2.24, 2.45) is 0 Å².